The fourth-order valence-corrected chi connectivity index (χ4v) is 5.10. The normalized spacial score (nSPS) is 15.5. The summed E-state index contributed by atoms with van der Waals surface area (Å²) in [6.45, 7) is 2.21. The van der Waals surface area contributed by atoms with Gasteiger partial charge in [0.15, 0.2) is 0 Å². The highest BCUT2D eigenvalue weighted by Gasteiger charge is 2.27. The van der Waals surface area contributed by atoms with Gasteiger partial charge in [-0.1, -0.05) is 6.07 Å². The van der Waals surface area contributed by atoms with E-state index in [0.29, 0.717) is 5.55 Å². The van der Waals surface area contributed by atoms with Crippen LogP contribution in [-0.4, -0.2) is 13.1 Å². The first-order chi connectivity index (χ1) is 14.3. The minimum absolute atomic E-state index is 0.0459. The molecule has 0 saturated carbocycles. The van der Waals surface area contributed by atoms with E-state index in [2.05, 4.69) is 22.0 Å². The molecule has 4 heterocycles. The van der Waals surface area contributed by atoms with Crippen molar-refractivity contribution in [3.05, 3.63) is 58.1 Å². The molecular weight excluding hydrogens is 380 g/mol. The second-order valence-electron chi connectivity index (χ2n) is 7.31. The maximum absolute atomic E-state index is 9.05. The van der Waals surface area contributed by atoms with Gasteiger partial charge in [0.2, 0.25) is 5.55 Å². The van der Waals surface area contributed by atoms with E-state index in [0.717, 1.165) is 53.8 Å². The van der Waals surface area contributed by atoms with Crippen molar-refractivity contribution in [2.24, 2.45) is 4.99 Å². The number of aryl methyl sites for hydroxylation is 2. The fraction of sp³-hybridized carbons (Fsp3) is 0.261. The minimum atomic E-state index is -0.0459. The van der Waals surface area contributed by atoms with Crippen molar-refractivity contribution in [2.75, 3.05) is 18.0 Å². The molecule has 2 aliphatic heterocycles. The van der Waals surface area contributed by atoms with Crippen LogP contribution in [0.1, 0.15) is 24.0 Å². The summed E-state index contributed by atoms with van der Waals surface area (Å²) in [5, 5.41) is 21.2. The van der Waals surface area contributed by atoms with Gasteiger partial charge in [-0.15, -0.1) is 11.3 Å². The lowest BCUT2D eigenvalue weighted by atomic mass is 9.90. The second kappa shape index (κ2) is 7.24. The number of fused-ring (bicyclic) bond motifs is 2. The number of allylic oxidation sites excluding steroid dienone is 1. The number of hydrogen-bond donors (Lipinski definition) is 0. The average Bonchev–Trinajstić information content (AvgIpc) is 3.29. The zero-order valence-corrected chi connectivity index (χ0v) is 16.6. The van der Waals surface area contributed by atoms with E-state index >= 15 is 0 Å². The molecule has 0 bridgehead atoms. The summed E-state index contributed by atoms with van der Waals surface area (Å²) in [4.78, 5) is 7.93. The Bertz CT molecular complexity index is 1270. The van der Waals surface area contributed by atoms with Crippen molar-refractivity contribution in [3.8, 4) is 22.6 Å². The first-order valence-electron chi connectivity index (χ1n) is 9.74. The third kappa shape index (κ3) is 3.03. The van der Waals surface area contributed by atoms with Gasteiger partial charge in [-0.25, -0.2) is 4.99 Å². The van der Waals surface area contributed by atoms with E-state index in [-0.39, 0.29) is 5.57 Å². The Morgan fingerprint density at radius 1 is 1.17 bits per heavy atom. The zero-order valence-electron chi connectivity index (χ0n) is 15.8. The van der Waals surface area contributed by atoms with Gasteiger partial charge in [0.1, 0.15) is 23.3 Å². The number of benzene rings is 1. The molecule has 5 nitrogen and oxygen atoms in total. The molecule has 0 spiro atoms. The molecule has 2 aliphatic rings. The highest BCUT2D eigenvalue weighted by atomic mass is 32.1. The van der Waals surface area contributed by atoms with E-state index in [1.54, 1.807) is 11.3 Å². The monoisotopic (exact) mass is 398 g/mol. The van der Waals surface area contributed by atoms with Crippen molar-refractivity contribution in [1.29, 1.82) is 10.5 Å². The Morgan fingerprint density at radius 2 is 2.00 bits per heavy atom. The molecule has 29 heavy (non-hydrogen) atoms. The third-order valence-electron chi connectivity index (χ3n) is 5.57. The summed E-state index contributed by atoms with van der Waals surface area (Å²) in [6, 6.07) is 12.1. The molecule has 0 unspecified atom stereocenters. The molecule has 142 valence electrons. The third-order valence-corrected chi connectivity index (χ3v) is 6.47. The van der Waals surface area contributed by atoms with Gasteiger partial charge in [-0.2, -0.15) is 10.5 Å². The zero-order chi connectivity index (χ0) is 19.8. The number of nitrogens with zero attached hydrogens (tertiary/aromatic N) is 4. The molecular formula is C23H18N4OS. The van der Waals surface area contributed by atoms with Crippen molar-refractivity contribution >= 4 is 28.0 Å². The van der Waals surface area contributed by atoms with Gasteiger partial charge in [-0.3, -0.25) is 0 Å². The van der Waals surface area contributed by atoms with Crippen LogP contribution < -0.4 is 10.5 Å². The molecule has 5 rings (SSSR count). The molecule has 6 heteroatoms. The quantitative estimate of drug-likeness (QED) is 0.587. The number of anilines is 1. The summed E-state index contributed by atoms with van der Waals surface area (Å²) in [5.74, 6) is 0. The summed E-state index contributed by atoms with van der Waals surface area (Å²) < 4.78 is 6.38. The van der Waals surface area contributed by atoms with Crippen LogP contribution in [0.5, 0.6) is 0 Å². The second-order valence-corrected chi connectivity index (χ2v) is 8.26. The highest BCUT2D eigenvalue weighted by Crippen LogP contribution is 2.40. The number of nitriles is 2. The maximum atomic E-state index is 9.05. The Morgan fingerprint density at radius 3 is 2.76 bits per heavy atom. The van der Waals surface area contributed by atoms with Gasteiger partial charge >= 0.3 is 0 Å². The van der Waals surface area contributed by atoms with Gasteiger partial charge < -0.3 is 9.32 Å². The topological polar surface area (TPSA) is 76.3 Å². The van der Waals surface area contributed by atoms with Crippen molar-refractivity contribution in [3.63, 3.8) is 0 Å². The van der Waals surface area contributed by atoms with Crippen molar-refractivity contribution in [1.82, 2.24) is 0 Å². The van der Waals surface area contributed by atoms with Crippen LogP contribution in [-0.2, 0) is 12.8 Å². The molecule has 0 N–H and O–H groups in total. The van der Waals surface area contributed by atoms with Gasteiger partial charge in [0.25, 0.3) is 0 Å². The molecule has 0 fully saturated rings. The SMILES string of the molecule is N#CC(C#N)=CN=c1oc2c3c4c(cc2cc1-c1cccs1)CCCN4CCC3. The maximum Gasteiger partial charge on any atom is 0.228 e. The van der Waals surface area contributed by atoms with Crippen molar-refractivity contribution in [2.45, 2.75) is 25.7 Å². The van der Waals surface area contributed by atoms with Crippen LogP contribution in [0.2, 0.25) is 0 Å². The molecule has 3 aromatic rings. The first-order valence-corrected chi connectivity index (χ1v) is 10.6. The smallest absolute Gasteiger partial charge is 0.228 e. The van der Waals surface area contributed by atoms with E-state index in [1.165, 1.54) is 29.4 Å². The van der Waals surface area contributed by atoms with E-state index < -0.39 is 0 Å². The lowest BCUT2D eigenvalue weighted by Gasteiger charge is -2.37. The van der Waals surface area contributed by atoms with Gasteiger partial charge in [0, 0.05) is 34.6 Å². The number of hydrogen-bond acceptors (Lipinski definition) is 6. The fourth-order valence-electron chi connectivity index (χ4n) is 4.36. The highest BCUT2D eigenvalue weighted by molar-refractivity contribution is 7.13. The summed E-state index contributed by atoms with van der Waals surface area (Å²) in [5.41, 5.74) is 6.17. The minimum Gasteiger partial charge on any atom is -0.437 e. The van der Waals surface area contributed by atoms with Crippen LogP contribution in [0.15, 0.2) is 50.8 Å². The largest absolute Gasteiger partial charge is 0.437 e. The Hall–Kier alpha value is -3.35. The Labute approximate surface area is 172 Å². The number of thiophene rings is 1. The Balaban J connectivity index is 1.82. The summed E-state index contributed by atoms with van der Waals surface area (Å²) in [6.07, 6.45) is 5.70. The van der Waals surface area contributed by atoms with Crippen LogP contribution in [0, 0.1) is 22.7 Å². The molecule has 1 aromatic carbocycles. The Kier molecular flexibility index (Phi) is 4.42. The van der Waals surface area contributed by atoms with Crippen LogP contribution in [0.4, 0.5) is 5.69 Å². The molecule has 0 atom stereocenters. The average molecular weight is 398 g/mol. The van der Waals surface area contributed by atoms with E-state index in [9.17, 15) is 0 Å². The van der Waals surface area contributed by atoms with E-state index in [4.69, 9.17) is 14.9 Å². The van der Waals surface area contributed by atoms with Crippen LogP contribution >= 0.6 is 11.3 Å². The molecule has 0 saturated heterocycles. The predicted octanol–water partition coefficient (Wildman–Crippen LogP) is 4.69. The van der Waals surface area contributed by atoms with Crippen LogP contribution in [0.3, 0.4) is 0 Å². The lowest BCUT2D eigenvalue weighted by molar-refractivity contribution is 0.537. The van der Waals surface area contributed by atoms with Gasteiger partial charge in [-0.05, 0) is 54.8 Å². The molecule has 0 amide bonds. The van der Waals surface area contributed by atoms with E-state index in [1.807, 2.05) is 29.7 Å². The number of rotatable bonds is 2. The standard InChI is InChI=1S/C23H18N4OS/c24-12-15(13-25)14-26-23-19(20-6-3-9-29-20)11-17-10-16-4-1-7-27-8-2-5-18(21(16)27)22(17)28-23/h3,6,9-11,14H,1-2,4-5,7-8H2. The first kappa shape index (κ1) is 17.7. The summed E-state index contributed by atoms with van der Waals surface area (Å²) in [7, 11) is 0. The van der Waals surface area contributed by atoms with Crippen molar-refractivity contribution < 1.29 is 4.42 Å². The van der Waals surface area contributed by atoms with Crippen LogP contribution in [0.25, 0.3) is 21.4 Å². The lowest BCUT2D eigenvalue weighted by Crippen LogP contribution is -2.34. The predicted molar refractivity (Wildman–Crippen MR) is 113 cm³/mol. The molecule has 2 aromatic heterocycles. The molecule has 0 aliphatic carbocycles. The summed E-state index contributed by atoms with van der Waals surface area (Å²) >= 11 is 1.62. The molecule has 0 radical (unpaired) electrons. The van der Waals surface area contributed by atoms with Gasteiger partial charge in [0.05, 0.1) is 11.8 Å².